The Morgan fingerprint density at radius 3 is 2.76 bits per heavy atom. The molecule has 3 nitrogen and oxygen atoms in total. The molecular formula is C13H12ClNO2. The van der Waals surface area contributed by atoms with Gasteiger partial charge in [-0.15, -0.1) is 0 Å². The van der Waals surface area contributed by atoms with Crippen molar-refractivity contribution in [1.29, 1.82) is 0 Å². The highest BCUT2D eigenvalue weighted by Gasteiger charge is 2.14. The van der Waals surface area contributed by atoms with Gasteiger partial charge in [-0.05, 0) is 24.1 Å². The first-order chi connectivity index (χ1) is 8.13. The smallest absolute Gasteiger partial charge is 0.352 e. The van der Waals surface area contributed by atoms with E-state index < -0.39 is 5.97 Å². The molecule has 0 aliphatic heterocycles. The largest absolute Gasteiger partial charge is 0.477 e. The second-order valence-corrected chi connectivity index (χ2v) is 4.14. The maximum atomic E-state index is 11.1. The lowest BCUT2D eigenvalue weighted by Crippen LogP contribution is -2.07. The van der Waals surface area contributed by atoms with Gasteiger partial charge in [-0.3, -0.25) is 0 Å². The lowest BCUT2D eigenvalue weighted by molar-refractivity contribution is 0.0688. The summed E-state index contributed by atoms with van der Waals surface area (Å²) in [6.45, 7) is 2.03. The van der Waals surface area contributed by atoms with Crippen LogP contribution in [0.1, 0.15) is 23.0 Å². The molecule has 0 saturated heterocycles. The number of nitrogens with zero attached hydrogens (tertiary/aromatic N) is 1. The molecule has 0 radical (unpaired) electrons. The van der Waals surface area contributed by atoms with Crippen molar-refractivity contribution in [3.8, 4) is 5.69 Å². The van der Waals surface area contributed by atoms with Crippen molar-refractivity contribution in [2.75, 3.05) is 0 Å². The molecule has 0 saturated carbocycles. The van der Waals surface area contributed by atoms with E-state index in [1.165, 1.54) is 6.07 Å². The Morgan fingerprint density at radius 2 is 2.12 bits per heavy atom. The molecular weight excluding hydrogens is 238 g/mol. The molecule has 88 valence electrons. The predicted molar refractivity (Wildman–Crippen MR) is 67.1 cm³/mol. The van der Waals surface area contributed by atoms with Crippen molar-refractivity contribution in [3.05, 3.63) is 52.8 Å². The van der Waals surface area contributed by atoms with E-state index in [2.05, 4.69) is 0 Å². The fourth-order valence-corrected chi connectivity index (χ4v) is 2.04. The average molecular weight is 250 g/mol. The average Bonchev–Trinajstić information content (AvgIpc) is 2.71. The number of carboxylic acid groups (broad SMARTS) is 1. The van der Waals surface area contributed by atoms with Crippen LogP contribution in [0.2, 0.25) is 5.02 Å². The monoisotopic (exact) mass is 249 g/mol. The number of aryl methyl sites for hydroxylation is 1. The molecule has 17 heavy (non-hydrogen) atoms. The predicted octanol–water partition coefficient (Wildman–Crippen LogP) is 3.39. The van der Waals surface area contributed by atoms with Crippen LogP contribution in [0.25, 0.3) is 5.69 Å². The van der Waals surface area contributed by atoms with E-state index in [9.17, 15) is 4.79 Å². The van der Waals surface area contributed by atoms with Gasteiger partial charge in [0, 0.05) is 11.9 Å². The van der Waals surface area contributed by atoms with Crippen LogP contribution < -0.4 is 0 Å². The molecule has 0 spiro atoms. The molecule has 0 aliphatic rings. The fraction of sp³-hybridized carbons (Fsp3) is 0.154. The molecule has 2 rings (SSSR count). The highest BCUT2D eigenvalue weighted by Crippen LogP contribution is 2.22. The molecule has 0 bridgehead atoms. The normalized spacial score (nSPS) is 10.5. The van der Waals surface area contributed by atoms with Gasteiger partial charge in [0.2, 0.25) is 0 Å². The van der Waals surface area contributed by atoms with E-state index in [0.717, 1.165) is 17.7 Å². The number of carbonyl (C=O) groups is 1. The first kappa shape index (κ1) is 11.7. The summed E-state index contributed by atoms with van der Waals surface area (Å²) in [4.78, 5) is 11.1. The van der Waals surface area contributed by atoms with E-state index in [1.54, 1.807) is 10.8 Å². The van der Waals surface area contributed by atoms with Gasteiger partial charge in [-0.1, -0.05) is 36.7 Å². The van der Waals surface area contributed by atoms with E-state index in [0.29, 0.717) is 5.02 Å². The van der Waals surface area contributed by atoms with E-state index >= 15 is 0 Å². The minimum Gasteiger partial charge on any atom is -0.477 e. The Kier molecular flexibility index (Phi) is 3.20. The zero-order chi connectivity index (χ0) is 12.4. The molecule has 0 aliphatic carbocycles. The van der Waals surface area contributed by atoms with Crippen molar-refractivity contribution in [2.45, 2.75) is 13.3 Å². The molecule has 1 N–H and O–H groups in total. The van der Waals surface area contributed by atoms with Crippen molar-refractivity contribution >= 4 is 17.6 Å². The first-order valence-electron chi connectivity index (χ1n) is 5.33. The summed E-state index contributed by atoms with van der Waals surface area (Å²) in [5.41, 5.74) is 2.12. The van der Waals surface area contributed by atoms with Gasteiger partial charge in [0.1, 0.15) is 5.69 Å². The Balaban J connectivity index is 2.63. The molecule has 0 amide bonds. The van der Waals surface area contributed by atoms with Gasteiger partial charge >= 0.3 is 5.97 Å². The molecule has 1 aromatic heterocycles. The van der Waals surface area contributed by atoms with Crippen molar-refractivity contribution < 1.29 is 9.90 Å². The molecule has 1 aromatic carbocycles. The van der Waals surface area contributed by atoms with Gasteiger partial charge in [0.15, 0.2) is 0 Å². The Bertz CT molecular complexity index is 560. The number of halogens is 1. The van der Waals surface area contributed by atoms with Crippen LogP contribution in [0, 0.1) is 0 Å². The fourth-order valence-electron chi connectivity index (χ4n) is 1.84. The number of aromatic nitrogens is 1. The lowest BCUT2D eigenvalue weighted by Gasteiger charge is -2.10. The van der Waals surface area contributed by atoms with Gasteiger partial charge in [-0.25, -0.2) is 4.79 Å². The summed E-state index contributed by atoms with van der Waals surface area (Å²) in [5, 5.41) is 9.55. The van der Waals surface area contributed by atoms with Crippen LogP contribution in [-0.4, -0.2) is 15.6 Å². The maximum absolute atomic E-state index is 11.1. The highest BCUT2D eigenvalue weighted by atomic mass is 35.5. The zero-order valence-electron chi connectivity index (χ0n) is 9.35. The number of rotatable bonds is 3. The zero-order valence-corrected chi connectivity index (χ0v) is 10.1. The summed E-state index contributed by atoms with van der Waals surface area (Å²) in [6.07, 6.45) is 2.46. The number of para-hydroxylation sites is 1. The number of carboxylic acids is 1. The third kappa shape index (κ3) is 2.19. The third-order valence-electron chi connectivity index (χ3n) is 2.64. The summed E-state index contributed by atoms with van der Waals surface area (Å²) in [5.74, 6) is -0.984. The van der Waals surface area contributed by atoms with Gasteiger partial charge in [0.25, 0.3) is 0 Å². The van der Waals surface area contributed by atoms with Crippen LogP contribution in [0.5, 0.6) is 0 Å². The molecule has 4 heteroatoms. The number of benzene rings is 1. The summed E-state index contributed by atoms with van der Waals surface area (Å²) in [6, 6.07) is 9.15. The van der Waals surface area contributed by atoms with Crippen LogP contribution in [0.15, 0.2) is 36.5 Å². The SMILES string of the molecule is CCc1ccccc1-n1cc(Cl)cc1C(=O)O. The first-order valence-corrected chi connectivity index (χ1v) is 5.70. The topological polar surface area (TPSA) is 42.2 Å². The van der Waals surface area contributed by atoms with Gasteiger partial charge in [0.05, 0.1) is 5.02 Å². The molecule has 0 fully saturated rings. The molecule has 0 unspecified atom stereocenters. The molecule has 2 aromatic rings. The van der Waals surface area contributed by atoms with E-state index in [4.69, 9.17) is 16.7 Å². The van der Waals surface area contributed by atoms with E-state index in [-0.39, 0.29) is 5.69 Å². The minimum atomic E-state index is -0.984. The van der Waals surface area contributed by atoms with Crippen LogP contribution in [-0.2, 0) is 6.42 Å². The standard InChI is InChI=1S/C13H12ClNO2/c1-2-9-5-3-4-6-11(9)15-8-10(14)7-12(15)13(16)17/h3-8H,2H2,1H3,(H,16,17). The van der Waals surface area contributed by atoms with Crippen molar-refractivity contribution in [1.82, 2.24) is 4.57 Å². The summed E-state index contributed by atoms with van der Waals surface area (Å²) >= 11 is 5.87. The molecule has 0 atom stereocenters. The van der Waals surface area contributed by atoms with Crippen molar-refractivity contribution in [2.24, 2.45) is 0 Å². The van der Waals surface area contributed by atoms with E-state index in [1.807, 2.05) is 31.2 Å². The number of hydrogen-bond acceptors (Lipinski definition) is 1. The van der Waals surface area contributed by atoms with Crippen molar-refractivity contribution in [3.63, 3.8) is 0 Å². The van der Waals surface area contributed by atoms with Crippen LogP contribution >= 0.6 is 11.6 Å². The van der Waals surface area contributed by atoms with Crippen LogP contribution in [0.4, 0.5) is 0 Å². The number of hydrogen-bond donors (Lipinski definition) is 1. The Labute approximate surface area is 104 Å². The van der Waals surface area contributed by atoms with Gasteiger partial charge in [-0.2, -0.15) is 0 Å². The Hall–Kier alpha value is -1.74. The summed E-state index contributed by atoms with van der Waals surface area (Å²) < 4.78 is 1.61. The number of aromatic carboxylic acids is 1. The van der Waals surface area contributed by atoms with Gasteiger partial charge < -0.3 is 9.67 Å². The lowest BCUT2D eigenvalue weighted by atomic mass is 10.1. The highest BCUT2D eigenvalue weighted by molar-refractivity contribution is 6.31. The minimum absolute atomic E-state index is 0.177. The third-order valence-corrected chi connectivity index (χ3v) is 2.84. The maximum Gasteiger partial charge on any atom is 0.352 e. The second-order valence-electron chi connectivity index (χ2n) is 3.70. The summed E-state index contributed by atoms with van der Waals surface area (Å²) in [7, 11) is 0. The second kappa shape index (κ2) is 4.63. The quantitative estimate of drug-likeness (QED) is 0.906. The van der Waals surface area contributed by atoms with Crippen LogP contribution in [0.3, 0.4) is 0 Å². The Morgan fingerprint density at radius 1 is 1.41 bits per heavy atom. The molecule has 1 heterocycles.